The minimum atomic E-state index is 0.0625. The summed E-state index contributed by atoms with van der Waals surface area (Å²) in [5.41, 5.74) is 1.56. The first-order chi connectivity index (χ1) is 7.22. The molecule has 2 rings (SSSR count). The summed E-state index contributed by atoms with van der Waals surface area (Å²) < 4.78 is 1.75. The molecule has 2 heterocycles. The molecule has 0 unspecified atom stereocenters. The van der Waals surface area contributed by atoms with Crippen LogP contribution < -0.4 is 0 Å². The smallest absolute Gasteiger partial charge is 0.220 e. The summed E-state index contributed by atoms with van der Waals surface area (Å²) in [6.45, 7) is 4.61. The van der Waals surface area contributed by atoms with Crippen molar-refractivity contribution < 1.29 is 4.79 Å². The van der Waals surface area contributed by atoms with E-state index in [0.717, 1.165) is 17.1 Å². The highest BCUT2D eigenvalue weighted by molar-refractivity contribution is 7.12. The largest absolute Gasteiger partial charge is 0.286 e. The van der Waals surface area contributed by atoms with E-state index in [-0.39, 0.29) is 5.78 Å². The van der Waals surface area contributed by atoms with Gasteiger partial charge < -0.3 is 0 Å². The van der Waals surface area contributed by atoms with Crippen LogP contribution in [0.4, 0.5) is 0 Å². The fraction of sp³-hybridized carbons (Fsp3) is 0.273. The Balaban J connectivity index is 2.41. The third-order valence-corrected chi connectivity index (χ3v) is 3.05. The highest BCUT2D eigenvalue weighted by Gasteiger charge is 2.15. The van der Waals surface area contributed by atoms with E-state index in [2.05, 4.69) is 5.10 Å². The van der Waals surface area contributed by atoms with Crippen LogP contribution in [-0.4, -0.2) is 15.6 Å². The van der Waals surface area contributed by atoms with Crippen LogP contribution in [0.15, 0.2) is 23.6 Å². The molecule has 0 bridgehead atoms. The lowest BCUT2D eigenvalue weighted by molar-refractivity contribution is 0.103. The minimum Gasteiger partial charge on any atom is -0.286 e. The third kappa shape index (κ3) is 1.85. The Hall–Kier alpha value is -1.42. The molecule has 2 aromatic heterocycles. The molecule has 0 aliphatic rings. The molecule has 2 aromatic rings. The molecule has 3 nitrogen and oxygen atoms in total. The molecule has 0 aliphatic carbocycles. The number of thiophene rings is 1. The fourth-order valence-corrected chi connectivity index (χ4v) is 2.18. The van der Waals surface area contributed by atoms with Crippen LogP contribution in [0.1, 0.15) is 28.0 Å². The Morgan fingerprint density at radius 1 is 1.60 bits per heavy atom. The molecule has 78 valence electrons. The van der Waals surface area contributed by atoms with Gasteiger partial charge in [-0.25, -0.2) is 0 Å². The van der Waals surface area contributed by atoms with E-state index in [1.807, 2.05) is 37.4 Å². The van der Waals surface area contributed by atoms with Crippen LogP contribution in [-0.2, 0) is 6.54 Å². The first-order valence-corrected chi connectivity index (χ1v) is 5.73. The van der Waals surface area contributed by atoms with Crippen LogP contribution in [0.2, 0.25) is 0 Å². The molecule has 0 spiro atoms. The summed E-state index contributed by atoms with van der Waals surface area (Å²) in [5, 5.41) is 6.17. The number of aromatic nitrogens is 2. The summed E-state index contributed by atoms with van der Waals surface area (Å²) >= 11 is 1.46. The maximum Gasteiger partial charge on any atom is 0.220 e. The monoisotopic (exact) mass is 220 g/mol. The van der Waals surface area contributed by atoms with Gasteiger partial charge in [0.2, 0.25) is 5.78 Å². The second-order valence-electron chi connectivity index (χ2n) is 3.29. The van der Waals surface area contributed by atoms with E-state index < -0.39 is 0 Å². The Kier molecular flexibility index (Phi) is 2.68. The van der Waals surface area contributed by atoms with E-state index in [4.69, 9.17) is 0 Å². The van der Waals surface area contributed by atoms with E-state index in [9.17, 15) is 4.79 Å². The van der Waals surface area contributed by atoms with Gasteiger partial charge in [0.15, 0.2) is 0 Å². The first kappa shape index (κ1) is 10.1. The predicted molar refractivity (Wildman–Crippen MR) is 60.4 cm³/mol. The minimum absolute atomic E-state index is 0.0625. The topological polar surface area (TPSA) is 34.9 Å². The van der Waals surface area contributed by atoms with Gasteiger partial charge in [-0.15, -0.1) is 11.3 Å². The highest BCUT2D eigenvalue weighted by Crippen LogP contribution is 2.15. The van der Waals surface area contributed by atoms with Crippen LogP contribution in [0, 0.1) is 6.92 Å². The van der Waals surface area contributed by atoms with Crippen molar-refractivity contribution >= 4 is 17.1 Å². The maximum atomic E-state index is 12.1. The van der Waals surface area contributed by atoms with Crippen molar-refractivity contribution in [2.45, 2.75) is 20.4 Å². The Labute approximate surface area is 92.4 Å². The van der Waals surface area contributed by atoms with Crippen molar-refractivity contribution in [1.82, 2.24) is 9.78 Å². The number of ketones is 1. The van der Waals surface area contributed by atoms with Crippen LogP contribution >= 0.6 is 11.3 Å². The predicted octanol–water partition coefficient (Wildman–Crippen LogP) is 2.50. The molecule has 0 aliphatic heterocycles. The number of hydrogen-bond donors (Lipinski definition) is 0. The molecule has 0 fully saturated rings. The molecular weight excluding hydrogens is 208 g/mol. The maximum absolute atomic E-state index is 12.1. The average molecular weight is 220 g/mol. The van der Waals surface area contributed by atoms with E-state index >= 15 is 0 Å². The van der Waals surface area contributed by atoms with Crippen molar-refractivity contribution in [1.29, 1.82) is 0 Å². The number of nitrogens with zero attached hydrogens (tertiary/aromatic N) is 2. The normalized spacial score (nSPS) is 10.5. The molecule has 15 heavy (non-hydrogen) atoms. The zero-order valence-electron chi connectivity index (χ0n) is 8.73. The molecule has 0 amide bonds. The van der Waals surface area contributed by atoms with Gasteiger partial charge in [0.1, 0.15) is 5.69 Å². The molecule has 4 heteroatoms. The molecule has 0 radical (unpaired) electrons. The second kappa shape index (κ2) is 3.98. The average Bonchev–Trinajstić information content (AvgIpc) is 2.84. The summed E-state index contributed by atoms with van der Waals surface area (Å²) in [6.07, 6.45) is 0. The SMILES string of the molecule is CCn1nc(C)cc1C(=O)c1cccs1. The van der Waals surface area contributed by atoms with Gasteiger partial charge >= 0.3 is 0 Å². The molecule has 0 saturated heterocycles. The Bertz CT molecular complexity index is 471. The number of carbonyl (C=O) groups is 1. The Morgan fingerprint density at radius 3 is 3.00 bits per heavy atom. The summed E-state index contributed by atoms with van der Waals surface area (Å²) in [5.74, 6) is 0.0625. The van der Waals surface area contributed by atoms with Gasteiger partial charge in [0, 0.05) is 6.54 Å². The summed E-state index contributed by atoms with van der Waals surface area (Å²) in [6, 6.07) is 5.57. The first-order valence-electron chi connectivity index (χ1n) is 4.85. The lowest BCUT2D eigenvalue weighted by atomic mass is 10.2. The number of hydrogen-bond acceptors (Lipinski definition) is 3. The zero-order chi connectivity index (χ0) is 10.8. The van der Waals surface area contributed by atoms with Crippen molar-refractivity contribution in [2.75, 3.05) is 0 Å². The number of aryl methyl sites for hydroxylation is 2. The van der Waals surface area contributed by atoms with Crippen molar-refractivity contribution in [3.8, 4) is 0 Å². The summed E-state index contributed by atoms with van der Waals surface area (Å²) in [7, 11) is 0. The second-order valence-corrected chi connectivity index (χ2v) is 4.24. The third-order valence-electron chi connectivity index (χ3n) is 2.18. The van der Waals surface area contributed by atoms with Crippen LogP contribution in [0.5, 0.6) is 0 Å². The van der Waals surface area contributed by atoms with Gasteiger partial charge in [-0.1, -0.05) is 6.07 Å². The fourth-order valence-electron chi connectivity index (χ4n) is 1.50. The molecule has 0 N–H and O–H groups in total. The molecular formula is C11H12N2OS. The number of rotatable bonds is 3. The van der Waals surface area contributed by atoms with Gasteiger partial charge in [-0.2, -0.15) is 5.10 Å². The Morgan fingerprint density at radius 2 is 2.40 bits per heavy atom. The van der Waals surface area contributed by atoms with Crippen molar-refractivity contribution in [2.24, 2.45) is 0 Å². The van der Waals surface area contributed by atoms with Gasteiger partial charge in [0.05, 0.1) is 10.6 Å². The zero-order valence-corrected chi connectivity index (χ0v) is 9.54. The van der Waals surface area contributed by atoms with E-state index in [0.29, 0.717) is 5.69 Å². The molecule has 0 atom stereocenters. The van der Waals surface area contributed by atoms with E-state index in [1.165, 1.54) is 11.3 Å². The lowest BCUT2D eigenvalue weighted by Crippen LogP contribution is -2.09. The van der Waals surface area contributed by atoms with Crippen molar-refractivity contribution in [3.63, 3.8) is 0 Å². The van der Waals surface area contributed by atoms with Gasteiger partial charge in [0.25, 0.3) is 0 Å². The molecule has 0 saturated carbocycles. The quantitative estimate of drug-likeness (QED) is 0.745. The standard InChI is InChI=1S/C11H12N2OS/c1-3-13-9(7-8(2)12-13)11(14)10-5-4-6-15-10/h4-7H,3H2,1-2H3. The van der Waals surface area contributed by atoms with Gasteiger partial charge in [-0.3, -0.25) is 9.48 Å². The van der Waals surface area contributed by atoms with Crippen LogP contribution in [0.25, 0.3) is 0 Å². The lowest BCUT2D eigenvalue weighted by Gasteiger charge is -2.01. The number of carbonyl (C=O) groups excluding carboxylic acids is 1. The summed E-state index contributed by atoms with van der Waals surface area (Å²) in [4.78, 5) is 12.8. The van der Waals surface area contributed by atoms with Crippen LogP contribution in [0.3, 0.4) is 0 Å². The van der Waals surface area contributed by atoms with Gasteiger partial charge in [-0.05, 0) is 31.4 Å². The molecule has 0 aromatic carbocycles. The van der Waals surface area contributed by atoms with E-state index in [1.54, 1.807) is 4.68 Å². The highest BCUT2D eigenvalue weighted by atomic mass is 32.1. The van der Waals surface area contributed by atoms with Crippen molar-refractivity contribution in [3.05, 3.63) is 39.8 Å².